The van der Waals surface area contributed by atoms with Gasteiger partial charge in [-0.3, -0.25) is 4.79 Å². The number of carbonyl (C=O) groups excluding carboxylic acids is 2. The predicted octanol–water partition coefficient (Wildman–Crippen LogP) is 1.60. The van der Waals surface area contributed by atoms with Crippen molar-refractivity contribution in [3.05, 3.63) is 34.9 Å². The number of hydrogen-bond donors (Lipinski definition) is 0. The number of carbonyl (C=O) groups is 2. The molecule has 0 N–H and O–H groups in total. The average molecular weight is 268 g/mol. The third-order valence-electron chi connectivity index (χ3n) is 3.15. The van der Waals surface area contributed by atoms with Gasteiger partial charge in [0.15, 0.2) is 0 Å². The second-order valence-electron chi connectivity index (χ2n) is 4.13. The second-order valence-corrected chi connectivity index (χ2v) is 4.40. The van der Waals surface area contributed by atoms with Crippen molar-refractivity contribution in [1.29, 1.82) is 0 Å². The molecule has 0 bridgehead atoms. The Morgan fingerprint density at radius 3 is 2.89 bits per heavy atom. The Hall–Kier alpha value is -1.55. The Balaban J connectivity index is 2.34. The van der Waals surface area contributed by atoms with Gasteiger partial charge in [-0.05, 0) is 23.6 Å². The molecule has 0 saturated carbocycles. The lowest BCUT2D eigenvalue weighted by atomic mass is 9.95. The fraction of sp³-hybridized carbons (Fsp3) is 0.385. The van der Waals surface area contributed by atoms with E-state index in [0.717, 1.165) is 17.5 Å². The minimum Gasteiger partial charge on any atom is -0.465 e. The summed E-state index contributed by atoms with van der Waals surface area (Å²) in [6.07, 6.45) is 0.739. The van der Waals surface area contributed by atoms with Gasteiger partial charge in [0.2, 0.25) is 5.91 Å². The van der Waals surface area contributed by atoms with Crippen molar-refractivity contribution in [2.24, 2.45) is 0 Å². The Morgan fingerprint density at radius 1 is 1.44 bits per heavy atom. The lowest BCUT2D eigenvalue weighted by Gasteiger charge is -2.29. The van der Waals surface area contributed by atoms with Gasteiger partial charge in [-0.15, -0.1) is 11.6 Å². The van der Waals surface area contributed by atoms with Gasteiger partial charge in [-0.25, -0.2) is 4.79 Å². The molecule has 1 amide bonds. The van der Waals surface area contributed by atoms with E-state index in [1.165, 1.54) is 7.11 Å². The highest BCUT2D eigenvalue weighted by Crippen LogP contribution is 2.23. The molecule has 1 aliphatic rings. The molecule has 0 saturated heterocycles. The summed E-state index contributed by atoms with van der Waals surface area (Å²) in [6, 6.07) is 5.54. The van der Waals surface area contributed by atoms with Gasteiger partial charge >= 0.3 is 5.97 Å². The van der Waals surface area contributed by atoms with Crippen LogP contribution in [0.3, 0.4) is 0 Å². The standard InChI is InChI=1S/C13H14ClNO3/c1-18-13(17)10-4-2-3-9-5-6-15(8-11(9)10)12(16)7-14/h2-4H,5-8H2,1H3. The van der Waals surface area contributed by atoms with Crippen LogP contribution in [-0.4, -0.2) is 36.3 Å². The maximum atomic E-state index is 11.7. The Bertz CT molecular complexity index is 487. The zero-order valence-electron chi connectivity index (χ0n) is 10.1. The van der Waals surface area contributed by atoms with Crippen LogP contribution in [0.5, 0.6) is 0 Å². The minimum absolute atomic E-state index is 0.0320. The van der Waals surface area contributed by atoms with E-state index >= 15 is 0 Å². The highest BCUT2D eigenvalue weighted by molar-refractivity contribution is 6.27. The number of amides is 1. The zero-order valence-corrected chi connectivity index (χ0v) is 10.9. The van der Waals surface area contributed by atoms with Crippen molar-refractivity contribution in [2.75, 3.05) is 19.5 Å². The van der Waals surface area contributed by atoms with Gasteiger partial charge in [-0.2, -0.15) is 0 Å². The fourth-order valence-corrected chi connectivity index (χ4v) is 2.35. The quantitative estimate of drug-likeness (QED) is 0.604. The molecule has 0 aliphatic carbocycles. The first-order valence-corrected chi connectivity index (χ1v) is 6.23. The van der Waals surface area contributed by atoms with E-state index < -0.39 is 0 Å². The lowest BCUT2D eigenvalue weighted by molar-refractivity contribution is -0.129. The van der Waals surface area contributed by atoms with Crippen molar-refractivity contribution in [3.63, 3.8) is 0 Å². The van der Waals surface area contributed by atoms with E-state index in [1.807, 2.05) is 12.1 Å². The monoisotopic (exact) mass is 267 g/mol. The number of nitrogens with zero attached hydrogens (tertiary/aromatic N) is 1. The fourth-order valence-electron chi connectivity index (χ4n) is 2.18. The third-order valence-corrected chi connectivity index (χ3v) is 3.37. The number of methoxy groups -OCH3 is 1. The molecule has 1 aromatic carbocycles. The molecule has 0 spiro atoms. The molecular weight excluding hydrogens is 254 g/mol. The van der Waals surface area contributed by atoms with Crippen molar-refractivity contribution >= 4 is 23.5 Å². The zero-order chi connectivity index (χ0) is 13.1. The number of fused-ring (bicyclic) bond motifs is 1. The van der Waals surface area contributed by atoms with E-state index in [4.69, 9.17) is 16.3 Å². The third kappa shape index (κ3) is 2.34. The van der Waals surface area contributed by atoms with Gasteiger partial charge in [0.1, 0.15) is 5.88 Å². The van der Waals surface area contributed by atoms with Crippen LogP contribution in [0.4, 0.5) is 0 Å². The van der Waals surface area contributed by atoms with Gasteiger partial charge in [0, 0.05) is 13.1 Å². The first-order chi connectivity index (χ1) is 8.67. The topological polar surface area (TPSA) is 46.6 Å². The van der Waals surface area contributed by atoms with Crippen LogP contribution < -0.4 is 0 Å². The van der Waals surface area contributed by atoms with Crippen molar-refractivity contribution in [1.82, 2.24) is 4.90 Å². The van der Waals surface area contributed by atoms with Crippen molar-refractivity contribution in [3.8, 4) is 0 Å². The molecule has 1 aliphatic heterocycles. The normalized spacial score (nSPS) is 14.0. The summed E-state index contributed by atoms with van der Waals surface area (Å²) in [6.45, 7) is 1.06. The number of benzene rings is 1. The maximum absolute atomic E-state index is 11.7. The highest BCUT2D eigenvalue weighted by atomic mass is 35.5. The molecule has 0 unspecified atom stereocenters. The minimum atomic E-state index is -0.368. The van der Waals surface area contributed by atoms with E-state index in [2.05, 4.69) is 0 Å². The molecule has 0 fully saturated rings. The second kappa shape index (κ2) is 5.40. The van der Waals surface area contributed by atoms with Crippen LogP contribution in [-0.2, 0) is 22.5 Å². The van der Waals surface area contributed by atoms with E-state index in [-0.39, 0.29) is 17.8 Å². The van der Waals surface area contributed by atoms with Gasteiger partial charge < -0.3 is 9.64 Å². The van der Waals surface area contributed by atoms with E-state index in [9.17, 15) is 9.59 Å². The first-order valence-electron chi connectivity index (χ1n) is 5.70. The summed E-state index contributed by atoms with van der Waals surface area (Å²) in [4.78, 5) is 25.0. The molecule has 5 heteroatoms. The molecule has 2 rings (SSSR count). The Labute approximate surface area is 110 Å². The molecule has 96 valence electrons. The smallest absolute Gasteiger partial charge is 0.338 e. The van der Waals surface area contributed by atoms with Crippen LogP contribution >= 0.6 is 11.6 Å². The molecule has 0 atom stereocenters. The van der Waals surface area contributed by atoms with Crippen LogP contribution in [0.15, 0.2) is 18.2 Å². The number of hydrogen-bond acceptors (Lipinski definition) is 3. The summed E-state index contributed by atoms with van der Waals surface area (Å²) < 4.78 is 4.76. The summed E-state index contributed by atoms with van der Waals surface area (Å²) in [5.41, 5.74) is 2.49. The van der Waals surface area contributed by atoms with Crippen molar-refractivity contribution in [2.45, 2.75) is 13.0 Å². The summed E-state index contributed by atoms with van der Waals surface area (Å²) >= 11 is 5.56. The number of rotatable bonds is 2. The molecule has 1 aromatic rings. The lowest BCUT2D eigenvalue weighted by Crippen LogP contribution is -2.37. The van der Waals surface area contributed by atoms with Crippen molar-refractivity contribution < 1.29 is 14.3 Å². The SMILES string of the molecule is COC(=O)c1cccc2c1CN(C(=O)CCl)CC2. The largest absolute Gasteiger partial charge is 0.465 e. The van der Waals surface area contributed by atoms with Crippen LogP contribution in [0.25, 0.3) is 0 Å². The van der Waals surface area contributed by atoms with Gasteiger partial charge in [0.25, 0.3) is 0 Å². The van der Waals surface area contributed by atoms with Crippen LogP contribution in [0.2, 0.25) is 0 Å². The molecule has 4 nitrogen and oxygen atoms in total. The number of halogens is 1. The van der Waals surface area contributed by atoms with Gasteiger partial charge in [0.05, 0.1) is 12.7 Å². The highest BCUT2D eigenvalue weighted by Gasteiger charge is 2.24. The summed E-state index contributed by atoms with van der Waals surface area (Å²) in [5, 5.41) is 0. The average Bonchev–Trinajstić information content (AvgIpc) is 2.44. The number of esters is 1. The van der Waals surface area contributed by atoms with Crippen LogP contribution in [0, 0.1) is 0 Å². The van der Waals surface area contributed by atoms with Gasteiger partial charge in [-0.1, -0.05) is 12.1 Å². The molecular formula is C13H14ClNO3. The Morgan fingerprint density at radius 2 is 2.22 bits per heavy atom. The summed E-state index contributed by atoms with van der Waals surface area (Å²) in [7, 11) is 1.35. The van der Waals surface area contributed by atoms with E-state index in [0.29, 0.717) is 18.7 Å². The molecule has 18 heavy (non-hydrogen) atoms. The maximum Gasteiger partial charge on any atom is 0.338 e. The van der Waals surface area contributed by atoms with E-state index in [1.54, 1.807) is 11.0 Å². The first kappa shape index (κ1) is 12.9. The summed E-state index contributed by atoms with van der Waals surface area (Å²) in [5.74, 6) is -0.510. The Kier molecular flexibility index (Phi) is 3.87. The molecule has 1 heterocycles. The number of ether oxygens (including phenoxy) is 1. The molecule has 0 aromatic heterocycles. The molecule has 0 radical (unpaired) electrons. The van der Waals surface area contributed by atoms with Crippen LogP contribution in [0.1, 0.15) is 21.5 Å². The number of alkyl halides is 1. The predicted molar refractivity (Wildman–Crippen MR) is 67.6 cm³/mol.